The SMILES string of the molecule is CC(=O)Nc1ccc(S(=O)(=O)N2CCN(S(=O)(=O)c3ccc(Cl)cc3)CC2)cc1.O=C(O)C(=O)O. The Hall–Kier alpha value is -3.04. The molecule has 2 aromatic carbocycles. The molecule has 0 spiro atoms. The summed E-state index contributed by atoms with van der Waals surface area (Å²) in [5.74, 6) is -3.90. The van der Waals surface area contributed by atoms with Gasteiger partial charge in [-0.2, -0.15) is 8.61 Å². The van der Waals surface area contributed by atoms with E-state index in [1.807, 2.05) is 0 Å². The molecule has 0 aromatic heterocycles. The minimum Gasteiger partial charge on any atom is -0.473 e. The molecule has 0 bridgehead atoms. The fourth-order valence-corrected chi connectivity index (χ4v) is 5.94. The molecule has 1 amide bonds. The van der Waals surface area contributed by atoms with Gasteiger partial charge in [-0.05, 0) is 48.5 Å². The van der Waals surface area contributed by atoms with E-state index in [0.29, 0.717) is 10.7 Å². The summed E-state index contributed by atoms with van der Waals surface area (Å²) in [7, 11) is -7.48. The van der Waals surface area contributed by atoms with E-state index >= 15 is 0 Å². The van der Waals surface area contributed by atoms with Crippen molar-refractivity contribution in [3.8, 4) is 0 Å². The maximum absolute atomic E-state index is 12.8. The number of halogens is 1. The van der Waals surface area contributed by atoms with E-state index in [1.54, 1.807) is 0 Å². The van der Waals surface area contributed by atoms with Gasteiger partial charge in [0.15, 0.2) is 0 Å². The lowest BCUT2D eigenvalue weighted by molar-refractivity contribution is -0.159. The van der Waals surface area contributed by atoms with Crippen LogP contribution in [0.15, 0.2) is 58.3 Å². The minimum atomic E-state index is -3.76. The Labute approximate surface area is 206 Å². The first-order valence-electron chi connectivity index (χ1n) is 9.85. The highest BCUT2D eigenvalue weighted by atomic mass is 35.5. The van der Waals surface area contributed by atoms with Crippen molar-refractivity contribution in [3.05, 3.63) is 53.6 Å². The minimum absolute atomic E-state index is 0.0442. The van der Waals surface area contributed by atoms with Crippen molar-refractivity contribution in [2.75, 3.05) is 31.5 Å². The Morgan fingerprint density at radius 3 is 1.40 bits per heavy atom. The van der Waals surface area contributed by atoms with Crippen LogP contribution in [0, 0.1) is 0 Å². The second-order valence-electron chi connectivity index (χ2n) is 7.08. The van der Waals surface area contributed by atoms with Gasteiger partial charge in [-0.15, -0.1) is 0 Å². The molecule has 1 aliphatic heterocycles. The van der Waals surface area contributed by atoms with E-state index in [9.17, 15) is 21.6 Å². The summed E-state index contributed by atoms with van der Waals surface area (Å²) in [5.41, 5.74) is 0.496. The summed E-state index contributed by atoms with van der Waals surface area (Å²) >= 11 is 5.81. The van der Waals surface area contributed by atoms with E-state index < -0.39 is 32.0 Å². The highest BCUT2D eigenvalue weighted by Crippen LogP contribution is 2.23. The van der Waals surface area contributed by atoms with Gasteiger partial charge >= 0.3 is 11.9 Å². The molecule has 0 saturated carbocycles. The number of sulfonamides is 2. The Morgan fingerprint density at radius 2 is 1.09 bits per heavy atom. The largest absolute Gasteiger partial charge is 0.473 e. The van der Waals surface area contributed by atoms with E-state index in [2.05, 4.69) is 5.32 Å². The topological polar surface area (TPSA) is 178 Å². The third-order valence-electron chi connectivity index (χ3n) is 4.64. The van der Waals surface area contributed by atoms with Crippen LogP contribution in [0.25, 0.3) is 0 Å². The van der Waals surface area contributed by atoms with Crippen LogP contribution < -0.4 is 5.32 Å². The van der Waals surface area contributed by atoms with Crippen LogP contribution >= 0.6 is 11.6 Å². The third kappa shape index (κ3) is 7.47. The highest BCUT2D eigenvalue weighted by molar-refractivity contribution is 7.89. The monoisotopic (exact) mass is 547 g/mol. The molecule has 3 N–H and O–H groups in total. The first-order chi connectivity index (χ1) is 16.2. The van der Waals surface area contributed by atoms with E-state index in [1.165, 1.54) is 64.1 Å². The number of nitrogens with one attached hydrogen (secondary N) is 1. The van der Waals surface area contributed by atoms with Gasteiger partial charge in [0.1, 0.15) is 0 Å². The lowest BCUT2D eigenvalue weighted by Crippen LogP contribution is -2.50. The molecule has 12 nitrogen and oxygen atoms in total. The number of carbonyl (C=O) groups is 3. The number of hydrogen-bond donors (Lipinski definition) is 3. The van der Waals surface area contributed by atoms with Crippen LogP contribution in [-0.4, -0.2) is 79.7 Å². The first-order valence-corrected chi connectivity index (χ1v) is 13.1. The zero-order chi connectivity index (χ0) is 26.4. The molecule has 1 fully saturated rings. The maximum Gasteiger partial charge on any atom is 0.414 e. The number of amides is 1. The lowest BCUT2D eigenvalue weighted by Gasteiger charge is -2.33. The van der Waals surface area contributed by atoms with Gasteiger partial charge in [-0.1, -0.05) is 11.6 Å². The number of anilines is 1. The van der Waals surface area contributed by atoms with Crippen molar-refractivity contribution in [1.82, 2.24) is 8.61 Å². The predicted octanol–water partition coefficient (Wildman–Crippen LogP) is 1.15. The number of carboxylic acids is 2. The average molecular weight is 548 g/mol. The average Bonchev–Trinajstić information content (AvgIpc) is 2.80. The number of piperazine rings is 1. The summed E-state index contributed by atoms with van der Waals surface area (Å²) in [5, 5.41) is 17.8. The van der Waals surface area contributed by atoms with Crippen molar-refractivity contribution in [1.29, 1.82) is 0 Å². The second-order valence-corrected chi connectivity index (χ2v) is 11.4. The molecule has 0 unspecified atom stereocenters. The van der Waals surface area contributed by atoms with Gasteiger partial charge < -0.3 is 15.5 Å². The molecule has 15 heteroatoms. The first kappa shape index (κ1) is 28.2. The predicted molar refractivity (Wildman–Crippen MR) is 125 cm³/mol. The van der Waals surface area contributed by atoms with Crippen LogP contribution in [0.3, 0.4) is 0 Å². The van der Waals surface area contributed by atoms with Crippen molar-refractivity contribution in [3.63, 3.8) is 0 Å². The fraction of sp³-hybridized carbons (Fsp3) is 0.250. The van der Waals surface area contributed by atoms with E-state index in [0.717, 1.165) is 0 Å². The van der Waals surface area contributed by atoms with Gasteiger partial charge in [0, 0.05) is 43.8 Å². The molecule has 1 saturated heterocycles. The Morgan fingerprint density at radius 1 is 0.743 bits per heavy atom. The van der Waals surface area contributed by atoms with Crippen LogP contribution in [-0.2, 0) is 34.4 Å². The van der Waals surface area contributed by atoms with E-state index in [4.69, 9.17) is 31.4 Å². The van der Waals surface area contributed by atoms with Gasteiger partial charge in [0.25, 0.3) is 0 Å². The molecule has 0 atom stereocenters. The molecule has 2 aromatic rings. The number of aliphatic carboxylic acids is 2. The van der Waals surface area contributed by atoms with Crippen LogP contribution in [0.5, 0.6) is 0 Å². The zero-order valence-electron chi connectivity index (χ0n) is 18.3. The van der Waals surface area contributed by atoms with E-state index in [-0.39, 0.29) is 41.9 Å². The molecule has 0 aliphatic carbocycles. The van der Waals surface area contributed by atoms with Gasteiger partial charge in [0.05, 0.1) is 9.79 Å². The molecule has 0 radical (unpaired) electrons. The summed E-state index contributed by atoms with van der Waals surface area (Å²) in [6.07, 6.45) is 0. The van der Waals surface area contributed by atoms with Crippen molar-refractivity contribution in [2.24, 2.45) is 0 Å². The molecule has 3 rings (SSSR count). The molecule has 35 heavy (non-hydrogen) atoms. The van der Waals surface area contributed by atoms with Gasteiger partial charge in [0.2, 0.25) is 26.0 Å². The molecule has 1 aliphatic rings. The number of nitrogens with zero attached hydrogens (tertiary/aromatic N) is 2. The number of carbonyl (C=O) groups excluding carboxylic acids is 1. The summed E-state index contributed by atoms with van der Waals surface area (Å²) in [6.45, 7) is 1.55. The van der Waals surface area contributed by atoms with Crippen molar-refractivity contribution < 1.29 is 41.4 Å². The van der Waals surface area contributed by atoms with Crippen molar-refractivity contribution in [2.45, 2.75) is 16.7 Å². The second kappa shape index (κ2) is 11.6. The lowest BCUT2D eigenvalue weighted by atomic mass is 10.3. The fourth-order valence-electron chi connectivity index (χ4n) is 2.97. The molecular weight excluding hydrogens is 526 g/mol. The number of benzene rings is 2. The standard InChI is InChI=1S/C18H20ClN3O5S2.C2H2O4/c1-14(23)20-16-4-8-18(9-5-16)29(26,27)22-12-10-21(11-13-22)28(24,25)17-6-2-15(19)3-7-17;3-1(4)2(5)6/h2-9H,10-13H2,1H3,(H,20,23);(H,3,4)(H,5,6). The molecular formula is C20H22ClN3O9S2. The quantitative estimate of drug-likeness (QED) is 0.463. The van der Waals surface area contributed by atoms with Gasteiger partial charge in [-0.25, -0.2) is 26.4 Å². The smallest absolute Gasteiger partial charge is 0.414 e. The normalized spacial score (nSPS) is 14.9. The summed E-state index contributed by atoms with van der Waals surface area (Å²) in [6, 6.07) is 11.7. The Balaban J connectivity index is 0.000000641. The van der Waals surface area contributed by atoms with Crippen molar-refractivity contribution >= 4 is 55.2 Å². The zero-order valence-corrected chi connectivity index (χ0v) is 20.7. The number of hydrogen-bond acceptors (Lipinski definition) is 7. The van der Waals surface area contributed by atoms with Crippen LogP contribution in [0.1, 0.15) is 6.92 Å². The third-order valence-corrected chi connectivity index (χ3v) is 8.72. The highest BCUT2D eigenvalue weighted by Gasteiger charge is 2.33. The molecule has 190 valence electrons. The summed E-state index contributed by atoms with van der Waals surface area (Å²) in [4.78, 5) is 29.5. The number of rotatable bonds is 5. The maximum atomic E-state index is 12.8. The molecule has 1 heterocycles. The Kier molecular flexibility index (Phi) is 9.34. The number of carboxylic acid groups (broad SMARTS) is 2. The van der Waals surface area contributed by atoms with Gasteiger partial charge in [-0.3, -0.25) is 4.79 Å². The Bertz CT molecular complexity index is 1280. The summed E-state index contributed by atoms with van der Waals surface area (Å²) < 4.78 is 53.7. The van der Waals surface area contributed by atoms with Crippen LogP contribution in [0.4, 0.5) is 5.69 Å². The van der Waals surface area contributed by atoms with Crippen LogP contribution in [0.2, 0.25) is 5.02 Å².